The van der Waals surface area contributed by atoms with Crippen molar-refractivity contribution in [2.45, 2.75) is 17.9 Å². The topological polar surface area (TPSA) is 15.8 Å². The van der Waals surface area contributed by atoms with Gasteiger partial charge in [-0.05, 0) is 30.2 Å². The standard InChI is InChI=1S/C11H11NS/c1-2-6-10-8(4-1)9-5-3-7-13-11(9)12-10/h1-2,4,6,12H,3,5,7H2. The summed E-state index contributed by atoms with van der Waals surface area (Å²) < 4.78 is 0. The molecule has 1 aromatic heterocycles. The molecule has 13 heavy (non-hydrogen) atoms. The Balaban J connectivity index is 2.34. The van der Waals surface area contributed by atoms with Crippen LogP contribution in [0.4, 0.5) is 0 Å². The lowest BCUT2D eigenvalue weighted by molar-refractivity contribution is 0.887. The first kappa shape index (κ1) is 7.51. The molecule has 3 rings (SSSR count). The average Bonchev–Trinajstić information content (AvgIpc) is 2.56. The highest BCUT2D eigenvalue weighted by molar-refractivity contribution is 7.99. The van der Waals surface area contributed by atoms with Crippen LogP contribution >= 0.6 is 11.8 Å². The van der Waals surface area contributed by atoms with Crippen molar-refractivity contribution >= 4 is 22.7 Å². The second kappa shape index (κ2) is 2.81. The number of thioether (sulfide) groups is 1. The van der Waals surface area contributed by atoms with Crippen LogP contribution in [-0.2, 0) is 6.42 Å². The van der Waals surface area contributed by atoms with Crippen LogP contribution in [-0.4, -0.2) is 10.7 Å². The van der Waals surface area contributed by atoms with Crippen LogP contribution in [0.2, 0.25) is 0 Å². The summed E-state index contributed by atoms with van der Waals surface area (Å²) in [4.78, 5) is 3.48. The van der Waals surface area contributed by atoms with Crippen molar-refractivity contribution < 1.29 is 0 Å². The molecule has 0 saturated carbocycles. The van der Waals surface area contributed by atoms with E-state index in [1.807, 2.05) is 11.8 Å². The van der Waals surface area contributed by atoms with Crippen LogP contribution in [0.15, 0.2) is 29.3 Å². The molecule has 0 spiro atoms. The fourth-order valence-corrected chi connectivity index (χ4v) is 3.03. The van der Waals surface area contributed by atoms with Gasteiger partial charge >= 0.3 is 0 Å². The Morgan fingerprint density at radius 3 is 3.15 bits per heavy atom. The number of para-hydroxylation sites is 1. The highest BCUT2D eigenvalue weighted by Gasteiger charge is 2.14. The zero-order chi connectivity index (χ0) is 8.67. The van der Waals surface area contributed by atoms with Crippen molar-refractivity contribution in [1.29, 1.82) is 0 Å². The minimum atomic E-state index is 1.24. The molecule has 2 aromatic rings. The number of aromatic amines is 1. The molecule has 0 amide bonds. The molecular formula is C11H11NS. The minimum Gasteiger partial charge on any atom is -0.349 e. The Hall–Kier alpha value is -0.890. The molecule has 1 nitrogen and oxygen atoms in total. The largest absolute Gasteiger partial charge is 0.349 e. The lowest BCUT2D eigenvalue weighted by Gasteiger charge is -2.09. The predicted octanol–water partition coefficient (Wildman–Crippen LogP) is 3.21. The molecule has 0 fully saturated rings. The first-order valence-electron chi connectivity index (χ1n) is 4.67. The van der Waals surface area contributed by atoms with Crippen LogP contribution in [0, 0.1) is 0 Å². The van der Waals surface area contributed by atoms with Gasteiger partial charge in [-0.25, -0.2) is 0 Å². The van der Waals surface area contributed by atoms with Crippen molar-refractivity contribution in [2.75, 3.05) is 5.75 Å². The molecule has 1 aromatic carbocycles. The zero-order valence-corrected chi connectivity index (χ0v) is 8.16. The highest BCUT2D eigenvalue weighted by atomic mass is 32.2. The van der Waals surface area contributed by atoms with E-state index >= 15 is 0 Å². The lowest BCUT2D eigenvalue weighted by atomic mass is 10.1. The van der Waals surface area contributed by atoms with Gasteiger partial charge in [-0.3, -0.25) is 0 Å². The van der Waals surface area contributed by atoms with Crippen LogP contribution in [0.25, 0.3) is 10.9 Å². The summed E-state index contributed by atoms with van der Waals surface area (Å²) >= 11 is 1.96. The molecule has 0 radical (unpaired) electrons. The SMILES string of the molecule is c1ccc2c3c([nH]c2c1)SCCC3. The number of benzene rings is 1. The van der Waals surface area contributed by atoms with Crippen LogP contribution in [0.1, 0.15) is 12.0 Å². The third-order valence-corrected chi connectivity index (χ3v) is 3.72. The van der Waals surface area contributed by atoms with Gasteiger partial charge < -0.3 is 4.98 Å². The smallest absolute Gasteiger partial charge is 0.0765 e. The van der Waals surface area contributed by atoms with Gasteiger partial charge in [-0.1, -0.05) is 18.2 Å². The second-order valence-electron chi connectivity index (χ2n) is 3.43. The molecule has 66 valence electrons. The molecule has 1 N–H and O–H groups in total. The van der Waals surface area contributed by atoms with Gasteiger partial charge in [-0.2, -0.15) is 0 Å². The summed E-state index contributed by atoms with van der Waals surface area (Å²) in [6.45, 7) is 0. The molecule has 0 atom stereocenters. The van der Waals surface area contributed by atoms with Crippen LogP contribution < -0.4 is 0 Å². The number of hydrogen-bond acceptors (Lipinski definition) is 1. The maximum absolute atomic E-state index is 3.48. The number of aromatic nitrogens is 1. The van der Waals surface area contributed by atoms with Crippen LogP contribution in [0.5, 0.6) is 0 Å². The molecule has 0 bridgehead atoms. The number of H-pyrrole nitrogens is 1. The highest BCUT2D eigenvalue weighted by Crippen LogP contribution is 2.34. The fourth-order valence-electron chi connectivity index (χ4n) is 1.97. The van der Waals surface area contributed by atoms with E-state index in [0.29, 0.717) is 0 Å². The van der Waals surface area contributed by atoms with Gasteiger partial charge in [0.25, 0.3) is 0 Å². The molecule has 0 saturated heterocycles. The summed E-state index contributed by atoms with van der Waals surface area (Å²) in [5.74, 6) is 1.26. The summed E-state index contributed by atoms with van der Waals surface area (Å²) in [7, 11) is 0. The van der Waals surface area contributed by atoms with E-state index < -0.39 is 0 Å². The van der Waals surface area contributed by atoms with E-state index in [-0.39, 0.29) is 0 Å². The molecule has 1 aliphatic rings. The first-order chi connectivity index (χ1) is 6.45. The maximum Gasteiger partial charge on any atom is 0.0765 e. The average molecular weight is 189 g/mol. The number of aryl methyl sites for hydroxylation is 1. The Labute approximate surface area is 81.5 Å². The van der Waals surface area contributed by atoms with E-state index in [2.05, 4.69) is 29.2 Å². The Morgan fingerprint density at radius 2 is 2.15 bits per heavy atom. The predicted molar refractivity (Wildman–Crippen MR) is 57.3 cm³/mol. The van der Waals surface area contributed by atoms with Crippen molar-refractivity contribution in [3.8, 4) is 0 Å². The molecule has 1 aliphatic heterocycles. The first-order valence-corrected chi connectivity index (χ1v) is 5.66. The third-order valence-electron chi connectivity index (χ3n) is 2.59. The molecule has 2 heterocycles. The quantitative estimate of drug-likeness (QED) is 0.673. The van der Waals surface area contributed by atoms with Gasteiger partial charge in [0.15, 0.2) is 0 Å². The number of rotatable bonds is 0. The van der Waals surface area contributed by atoms with Crippen molar-refractivity contribution in [3.05, 3.63) is 29.8 Å². The number of hydrogen-bond donors (Lipinski definition) is 1. The summed E-state index contributed by atoms with van der Waals surface area (Å²) in [6, 6.07) is 8.59. The molecule has 0 aliphatic carbocycles. The Kier molecular flexibility index (Phi) is 1.62. The molecular weight excluding hydrogens is 178 g/mol. The normalized spacial score (nSPS) is 16.0. The number of fused-ring (bicyclic) bond motifs is 3. The van der Waals surface area contributed by atoms with Gasteiger partial charge in [-0.15, -0.1) is 11.8 Å². The maximum atomic E-state index is 3.48. The fraction of sp³-hybridized carbons (Fsp3) is 0.273. The van der Waals surface area contributed by atoms with Gasteiger partial charge in [0, 0.05) is 10.9 Å². The molecule has 2 heteroatoms. The van der Waals surface area contributed by atoms with E-state index in [1.54, 1.807) is 0 Å². The summed E-state index contributed by atoms with van der Waals surface area (Å²) in [6.07, 6.45) is 2.56. The van der Waals surface area contributed by atoms with Gasteiger partial charge in [0.05, 0.1) is 5.03 Å². The number of nitrogens with one attached hydrogen (secondary N) is 1. The monoisotopic (exact) mass is 189 g/mol. The third kappa shape index (κ3) is 1.09. The minimum absolute atomic E-state index is 1.24. The van der Waals surface area contributed by atoms with Gasteiger partial charge in [0.2, 0.25) is 0 Å². The molecule has 0 unspecified atom stereocenters. The van der Waals surface area contributed by atoms with Crippen molar-refractivity contribution in [1.82, 2.24) is 4.98 Å². The van der Waals surface area contributed by atoms with Crippen LogP contribution in [0.3, 0.4) is 0 Å². The summed E-state index contributed by atoms with van der Waals surface area (Å²) in [5.41, 5.74) is 2.83. The van der Waals surface area contributed by atoms with E-state index in [0.717, 1.165) is 0 Å². The van der Waals surface area contributed by atoms with Crippen molar-refractivity contribution in [3.63, 3.8) is 0 Å². The second-order valence-corrected chi connectivity index (χ2v) is 4.54. The zero-order valence-electron chi connectivity index (χ0n) is 7.34. The van der Waals surface area contributed by atoms with E-state index in [4.69, 9.17) is 0 Å². The van der Waals surface area contributed by atoms with E-state index in [1.165, 1.54) is 40.1 Å². The van der Waals surface area contributed by atoms with Gasteiger partial charge in [0.1, 0.15) is 0 Å². The Morgan fingerprint density at radius 1 is 1.23 bits per heavy atom. The Bertz CT molecular complexity index is 444. The lowest BCUT2D eigenvalue weighted by Crippen LogP contribution is -1.95. The summed E-state index contributed by atoms with van der Waals surface area (Å²) in [5, 5.41) is 2.82. The van der Waals surface area contributed by atoms with Crippen molar-refractivity contribution in [2.24, 2.45) is 0 Å². The van der Waals surface area contributed by atoms with E-state index in [9.17, 15) is 0 Å².